The van der Waals surface area contributed by atoms with Gasteiger partial charge < -0.3 is 15.2 Å². The van der Waals surface area contributed by atoms with E-state index in [1.807, 2.05) is 0 Å². The van der Waals surface area contributed by atoms with Crippen LogP contribution in [0.3, 0.4) is 0 Å². The SMILES string of the molecule is C[C@@H](Oc1nc(F)c(Cl)c(N)c1Cl)C(=O)OCC(F)(F)C(F)(F)F. The number of hydrogen-bond donors (Lipinski definition) is 1. The molecular formula is C11H8Cl2F6N2O3. The van der Waals surface area contributed by atoms with E-state index in [-0.39, 0.29) is 0 Å². The molecule has 0 amide bonds. The zero-order valence-electron chi connectivity index (χ0n) is 11.6. The summed E-state index contributed by atoms with van der Waals surface area (Å²) in [6.45, 7) is -1.32. The largest absolute Gasteiger partial charge is 0.461 e. The molecular weight excluding hydrogens is 393 g/mol. The highest BCUT2D eigenvalue weighted by atomic mass is 35.5. The predicted molar refractivity (Wildman–Crippen MR) is 70.7 cm³/mol. The maximum atomic E-state index is 13.3. The number of carbonyl (C=O) groups is 1. The van der Waals surface area contributed by atoms with E-state index >= 15 is 0 Å². The summed E-state index contributed by atoms with van der Waals surface area (Å²) in [4.78, 5) is 14.5. The van der Waals surface area contributed by atoms with Crippen LogP contribution >= 0.6 is 23.2 Å². The molecule has 0 aliphatic carbocycles. The molecule has 0 bridgehead atoms. The Morgan fingerprint density at radius 2 is 1.79 bits per heavy atom. The van der Waals surface area contributed by atoms with E-state index in [2.05, 4.69) is 9.72 Å². The lowest BCUT2D eigenvalue weighted by Crippen LogP contribution is -2.42. The van der Waals surface area contributed by atoms with Gasteiger partial charge in [-0.15, -0.1) is 0 Å². The van der Waals surface area contributed by atoms with Crippen LogP contribution in [0.1, 0.15) is 6.92 Å². The van der Waals surface area contributed by atoms with Gasteiger partial charge in [0.25, 0.3) is 0 Å². The first-order valence-electron chi connectivity index (χ1n) is 5.85. The minimum absolute atomic E-state index is 0.468. The molecule has 1 aromatic rings. The molecule has 0 aromatic carbocycles. The number of hydrogen-bond acceptors (Lipinski definition) is 5. The lowest BCUT2D eigenvalue weighted by molar-refractivity contribution is -0.294. The van der Waals surface area contributed by atoms with Crippen molar-refractivity contribution >= 4 is 34.9 Å². The summed E-state index contributed by atoms with van der Waals surface area (Å²) in [7, 11) is 0. The number of nitrogens with zero attached hydrogens (tertiary/aromatic N) is 1. The zero-order valence-corrected chi connectivity index (χ0v) is 13.1. The predicted octanol–water partition coefficient (Wildman–Crippen LogP) is 3.62. The maximum absolute atomic E-state index is 13.3. The fourth-order valence-corrected chi connectivity index (χ4v) is 1.53. The van der Waals surface area contributed by atoms with Gasteiger partial charge in [0.2, 0.25) is 11.8 Å². The van der Waals surface area contributed by atoms with Gasteiger partial charge in [-0.1, -0.05) is 23.2 Å². The van der Waals surface area contributed by atoms with Crippen molar-refractivity contribution in [3.8, 4) is 5.88 Å². The first-order chi connectivity index (χ1) is 10.8. The van der Waals surface area contributed by atoms with Crippen molar-refractivity contribution in [3.05, 3.63) is 16.0 Å². The second-order valence-electron chi connectivity index (χ2n) is 4.32. The maximum Gasteiger partial charge on any atom is 0.456 e. The molecule has 1 aromatic heterocycles. The van der Waals surface area contributed by atoms with Gasteiger partial charge in [-0.25, -0.2) is 4.79 Å². The first kappa shape index (κ1) is 20.4. The van der Waals surface area contributed by atoms with Crippen molar-refractivity contribution in [2.45, 2.75) is 25.1 Å². The highest BCUT2D eigenvalue weighted by Crippen LogP contribution is 2.37. The molecule has 2 N–H and O–H groups in total. The molecule has 1 atom stereocenters. The van der Waals surface area contributed by atoms with Crippen molar-refractivity contribution in [2.24, 2.45) is 0 Å². The number of aromatic nitrogens is 1. The van der Waals surface area contributed by atoms with Crippen LogP contribution < -0.4 is 10.5 Å². The van der Waals surface area contributed by atoms with Crippen LogP contribution in [0.4, 0.5) is 32.0 Å². The normalized spacial score (nSPS) is 13.5. The van der Waals surface area contributed by atoms with Gasteiger partial charge in [0.15, 0.2) is 12.7 Å². The van der Waals surface area contributed by atoms with Gasteiger partial charge in [0.1, 0.15) is 10.0 Å². The number of ether oxygens (including phenoxy) is 2. The van der Waals surface area contributed by atoms with Crippen molar-refractivity contribution in [3.63, 3.8) is 0 Å². The number of carbonyl (C=O) groups excluding carboxylic acids is 1. The molecule has 0 radical (unpaired) electrons. The Kier molecular flexibility index (Phi) is 6.04. The number of pyridine rings is 1. The molecule has 0 fully saturated rings. The number of esters is 1. The number of rotatable bonds is 5. The van der Waals surface area contributed by atoms with Crippen molar-refractivity contribution in [1.29, 1.82) is 0 Å². The zero-order chi connectivity index (χ0) is 18.9. The summed E-state index contributed by atoms with van der Waals surface area (Å²) in [5.41, 5.74) is 4.87. The van der Waals surface area contributed by atoms with E-state index in [0.717, 1.165) is 6.92 Å². The molecule has 0 saturated carbocycles. The summed E-state index contributed by atoms with van der Waals surface area (Å²) in [6.07, 6.45) is -7.63. The fourth-order valence-electron chi connectivity index (χ4n) is 1.16. The highest BCUT2D eigenvalue weighted by Gasteiger charge is 2.58. The minimum atomic E-state index is -5.89. The number of alkyl halides is 5. The van der Waals surface area contributed by atoms with E-state index in [9.17, 15) is 31.1 Å². The Labute approximate surface area is 140 Å². The first-order valence-corrected chi connectivity index (χ1v) is 6.61. The quantitative estimate of drug-likeness (QED) is 0.464. The van der Waals surface area contributed by atoms with Crippen LogP contribution in [0.15, 0.2) is 0 Å². The molecule has 1 rings (SSSR count). The summed E-state index contributed by atoms with van der Waals surface area (Å²) in [5.74, 6) is -8.85. The number of nitrogens with two attached hydrogens (primary N) is 1. The van der Waals surface area contributed by atoms with E-state index in [1.54, 1.807) is 0 Å². The smallest absolute Gasteiger partial charge is 0.456 e. The number of halogens is 8. The molecule has 0 aliphatic heterocycles. The summed E-state index contributed by atoms with van der Waals surface area (Å²) in [5, 5.41) is -1.10. The van der Waals surface area contributed by atoms with E-state index in [0.29, 0.717) is 0 Å². The van der Waals surface area contributed by atoms with Crippen LogP contribution in [-0.2, 0) is 9.53 Å². The molecule has 0 saturated heterocycles. The molecule has 0 spiro atoms. The average molecular weight is 401 g/mol. The van der Waals surface area contributed by atoms with Gasteiger partial charge in [0, 0.05) is 0 Å². The highest BCUT2D eigenvalue weighted by molar-refractivity contribution is 6.39. The summed E-state index contributed by atoms with van der Waals surface area (Å²) >= 11 is 11.1. The second kappa shape index (κ2) is 7.09. The molecule has 0 unspecified atom stereocenters. The van der Waals surface area contributed by atoms with E-state index in [4.69, 9.17) is 33.7 Å². The van der Waals surface area contributed by atoms with Gasteiger partial charge in [-0.05, 0) is 6.92 Å². The van der Waals surface area contributed by atoms with Crippen LogP contribution in [0.25, 0.3) is 0 Å². The van der Waals surface area contributed by atoms with E-state index in [1.165, 1.54) is 0 Å². The van der Waals surface area contributed by atoms with Gasteiger partial charge in [-0.3, -0.25) is 0 Å². The third-order valence-electron chi connectivity index (χ3n) is 2.47. The van der Waals surface area contributed by atoms with E-state index < -0.39 is 58.3 Å². The molecule has 0 aliphatic rings. The lowest BCUT2D eigenvalue weighted by Gasteiger charge is -2.20. The second-order valence-corrected chi connectivity index (χ2v) is 5.08. The van der Waals surface area contributed by atoms with Gasteiger partial charge >= 0.3 is 18.1 Å². The summed E-state index contributed by atoms with van der Waals surface area (Å²) < 4.78 is 83.0. The van der Waals surface area contributed by atoms with Gasteiger partial charge in [0.05, 0.1) is 5.69 Å². The molecule has 24 heavy (non-hydrogen) atoms. The number of nitrogen functional groups attached to an aromatic ring is 1. The third kappa shape index (κ3) is 4.47. The molecule has 13 heteroatoms. The Morgan fingerprint density at radius 3 is 2.29 bits per heavy atom. The number of anilines is 1. The van der Waals surface area contributed by atoms with Crippen LogP contribution in [0, 0.1) is 5.95 Å². The van der Waals surface area contributed by atoms with Crippen molar-refractivity contribution < 1.29 is 40.6 Å². The van der Waals surface area contributed by atoms with Crippen LogP contribution in [0.2, 0.25) is 10.0 Å². The van der Waals surface area contributed by atoms with Crippen molar-refractivity contribution in [1.82, 2.24) is 4.98 Å². The standard InChI is InChI=1S/C11H8Cl2F6N2O3/c1-3(9(22)23-2-10(15,16)11(17,18)19)24-8-5(13)6(20)4(12)7(14)21-8/h3H,2H2,1H3,(H2,20,21)/t3-/m1/s1. The minimum Gasteiger partial charge on any atom is -0.461 e. The van der Waals surface area contributed by atoms with Crippen LogP contribution in [0.5, 0.6) is 5.88 Å². The van der Waals surface area contributed by atoms with Crippen LogP contribution in [-0.4, -0.2) is 35.8 Å². The van der Waals surface area contributed by atoms with Crippen molar-refractivity contribution in [2.75, 3.05) is 12.3 Å². The lowest BCUT2D eigenvalue weighted by atomic mass is 10.3. The molecule has 1 heterocycles. The summed E-state index contributed by atoms with van der Waals surface area (Å²) in [6, 6.07) is 0. The molecule has 136 valence electrons. The Morgan fingerprint density at radius 1 is 1.25 bits per heavy atom. The Balaban J connectivity index is 2.79. The fraction of sp³-hybridized carbons (Fsp3) is 0.455. The topological polar surface area (TPSA) is 74.4 Å². The Bertz CT molecular complexity index is 641. The monoisotopic (exact) mass is 400 g/mol. The Hall–Kier alpha value is -1.62. The third-order valence-corrected chi connectivity index (χ3v) is 3.20. The van der Waals surface area contributed by atoms with Gasteiger partial charge in [-0.2, -0.15) is 31.3 Å². The average Bonchev–Trinajstić information content (AvgIpc) is 2.46. The molecule has 5 nitrogen and oxygen atoms in total.